The number of aromatic nitrogens is 4. The zero-order valence-electron chi connectivity index (χ0n) is 32.7. The summed E-state index contributed by atoms with van der Waals surface area (Å²) < 4.78 is 7.33. The van der Waals surface area contributed by atoms with Crippen LogP contribution in [0.5, 0.6) is 0 Å². The number of fused-ring (bicyclic) bond motifs is 9. The van der Waals surface area contributed by atoms with Crippen LogP contribution in [0.15, 0.2) is 194 Å². The average molecular weight is 777 g/mol. The van der Waals surface area contributed by atoms with E-state index in [1.54, 1.807) is 6.07 Å². The van der Waals surface area contributed by atoms with Gasteiger partial charge in [-0.3, -0.25) is 0 Å². The third-order valence-electron chi connectivity index (χ3n) is 12.2. The molecule has 4 heterocycles. The van der Waals surface area contributed by atoms with E-state index in [0.29, 0.717) is 11.4 Å². The Hall–Kier alpha value is -8.71. The fourth-order valence-electron chi connectivity index (χ4n) is 9.58. The SMILES string of the molecule is [C-]#[N+]c1ccc(-c2cc(-c3ccc(C#N)cc3)c(-n3c4ccccc4c4ccccc43)c(-n3c4ccccc4c4ccccc43)c2-n2c3ccccc3c3ccccc32)cn1. The molecule has 0 fully saturated rings. The molecule has 4 aromatic heterocycles. The lowest BCUT2D eigenvalue weighted by Crippen LogP contribution is -2.12. The highest BCUT2D eigenvalue weighted by molar-refractivity contribution is 6.15. The maximum absolute atomic E-state index is 9.97. The molecular formula is C55H32N6. The summed E-state index contributed by atoms with van der Waals surface area (Å²) in [7, 11) is 0. The van der Waals surface area contributed by atoms with Crippen molar-refractivity contribution < 1.29 is 0 Å². The smallest absolute Gasteiger partial charge is 0.269 e. The van der Waals surface area contributed by atoms with E-state index in [2.05, 4.69) is 193 Å². The van der Waals surface area contributed by atoms with Crippen molar-refractivity contribution in [3.63, 3.8) is 0 Å². The summed E-state index contributed by atoms with van der Waals surface area (Å²) in [6, 6.07) is 68.3. The number of hydrogen-bond acceptors (Lipinski definition) is 2. The molecule has 0 saturated heterocycles. The minimum atomic E-state index is 0.332. The number of benzene rings is 8. The lowest BCUT2D eigenvalue weighted by atomic mass is 9.93. The number of rotatable bonds is 5. The van der Waals surface area contributed by atoms with Gasteiger partial charge < -0.3 is 18.5 Å². The first-order valence-electron chi connectivity index (χ1n) is 20.2. The van der Waals surface area contributed by atoms with Crippen LogP contribution in [0, 0.1) is 17.9 Å². The number of hydrogen-bond donors (Lipinski definition) is 0. The quantitative estimate of drug-likeness (QED) is 0.163. The minimum absolute atomic E-state index is 0.332. The van der Waals surface area contributed by atoms with E-state index in [-0.39, 0.29) is 0 Å². The van der Waals surface area contributed by atoms with Crippen molar-refractivity contribution in [1.29, 1.82) is 5.26 Å². The minimum Gasteiger partial charge on any atom is -0.361 e. The first-order chi connectivity index (χ1) is 30.2. The van der Waals surface area contributed by atoms with Gasteiger partial charge in [0, 0.05) is 49.0 Å². The van der Waals surface area contributed by atoms with Crippen LogP contribution < -0.4 is 0 Å². The van der Waals surface area contributed by atoms with Gasteiger partial charge >= 0.3 is 0 Å². The number of para-hydroxylation sites is 6. The van der Waals surface area contributed by atoms with Gasteiger partial charge in [0.1, 0.15) is 6.20 Å². The molecule has 0 saturated carbocycles. The van der Waals surface area contributed by atoms with Crippen molar-refractivity contribution in [2.45, 2.75) is 0 Å². The fraction of sp³-hybridized carbons (Fsp3) is 0. The van der Waals surface area contributed by atoms with Crippen LogP contribution in [0.4, 0.5) is 5.82 Å². The Morgan fingerprint density at radius 2 is 0.754 bits per heavy atom. The van der Waals surface area contributed by atoms with Gasteiger partial charge in [0.25, 0.3) is 5.82 Å². The van der Waals surface area contributed by atoms with E-state index in [1.165, 1.54) is 0 Å². The Balaban J connectivity index is 1.42. The summed E-state index contributed by atoms with van der Waals surface area (Å²) in [5.41, 5.74) is 13.7. The van der Waals surface area contributed by atoms with Crippen LogP contribution in [-0.2, 0) is 0 Å². The third-order valence-corrected chi connectivity index (χ3v) is 12.2. The van der Waals surface area contributed by atoms with Gasteiger partial charge in [0.2, 0.25) is 0 Å². The largest absolute Gasteiger partial charge is 0.361 e. The van der Waals surface area contributed by atoms with Crippen molar-refractivity contribution in [1.82, 2.24) is 18.7 Å². The monoisotopic (exact) mass is 776 g/mol. The van der Waals surface area contributed by atoms with E-state index < -0.39 is 0 Å². The van der Waals surface area contributed by atoms with Crippen molar-refractivity contribution in [2.24, 2.45) is 0 Å². The molecular weight excluding hydrogens is 745 g/mol. The fourth-order valence-corrected chi connectivity index (χ4v) is 9.58. The normalized spacial score (nSPS) is 11.6. The van der Waals surface area contributed by atoms with Crippen LogP contribution in [-0.4, -0.2) is 18.7 Å². The van der Waals surface area contributed by atoms with Gasteiger partial charge in [0.05, 0.1) is 61.8 Å². The molecule has 0 aliphatic carbocycles. The summed E-state index contributed by atoms with van der Waals surface area (Å²) in [5.74, 6) is 0.332. The van der Waals surface area contributed by atoms with E-state index in [0.717, 1.165) is 105 Å². The lowest BCUT2D eigenvalue weighted by molar-refractivity contribution is 1.05. The molecule has 6 nitrogen and oxygen atoms in total. The zero-order chi connectivity index (χ0) is 40.6. The second-order valence-electron chi connectivity index (χ2n) is 15.3. The Kier molecular flexibility index (Phi) is 7.56. The molecule has 0 unspecified atom stereocenters. The van der Waals surface area contributed by atoms with E-state index in [9.17, 15) is 5.26 Å². The first kappa shape index (κ1) is 34.3. The van der Waals surface area contributed by atoms with Gasteiger partial charge in [-0.25, -0.2) is 0 Å². The molecule has 8 aromatic carbocycles. The maximum atomic E-state index is 9.97. The molecule has 12 aromatic rings. The van der Waals surface area contributed by atoms with Crippen molar-refractivity contribution >= 4 is 71.2 Å². The van der Waals surface area contributed by atoms with Crippen LogP contribution in [0.1, 0.15) is 5.56 Å². The van der Waals surface area contributed by atoms with Gasteiger partial charge in [-0.2, -0.15) is 5.26 Å². The average Bonchev–Trinajstić information content (AvgIpc) is 3.97. The van der Waals surface area contributed by atoms with Crippen LogP contribution in [0.3, 0.4) is 0 Å². The zero-order valence-corrected chi connectivity index (χ0v) is 32.7. The summed E-state index contributed by atoms with van der Waals surface area (Å²) in [6.45, 7) is 7.79. The number of nitriles is 1. The van der Waals surface area contributed by atoms with E-state index in [4.69, 9.17) is 6.57 Å². The highest BCUT2D eigenvalue weighted by atomic mass is 15.1. The Morgan fingerprint density at radius 3 is 1.10 bits per heavy atom. The molecule has 61 heavy (non-hydrogen) atoms. The van der Waals surface area contributed by atoms with Gasteiger partial charge in [-0.1, -0.05) is 134 Å². The van der Waals surface area contributed by atoms with Crippen LogP contribution in [0.2, 0.25) is 0 Å². The van der Waals surface area contributed by atoms with E-state index >= 15 is 0 Å². The predicted octanol–water partition coefficient (Wildman–Crippen LogP) is 14.1. The van der Waals surface area contributed by atoms with E-state index in [1.807, 2.05) is 24.4 Å². The summed E-state index contributed by atoms with van der Waals surface area (Å²) in [6.07, 6.45) is 1.83. The Labute approximate surface area is 350 Å². The Morgan fingerprint density at radius 1 is 0.410 bits per heavy atom. The topological polar surface area (TPSA) is 55.8 Å². The molecule has 0 amide bonds. The molecule has 0 aliphatic heterocycles. The second-order valence-corrected chi connectivity index (χ2v) is 15.3. The molecule has 0 bridgehead atoms. The molecule has 282 valence electrons. The first-order valence-corrected chi connectivity index (χ1v) is 20.2. The Bertz CT molecular complexity index is 3480. The molecule has 0 radical (unpaired) electrons. The van der Waals surface area contributed by atoms with Crippen molar-refractivity contribution in [2.75, 3.05) is 0 Å². The number of pyridine rings is 1. The standard InChI is InChI=1S/C55H32N6/c1-57-52-31-30-37(34-58-52)45-32-44(36-28-26-35(33-56)27-29-36)53(59-46-20-8-2-14-38(46)39-15-3-9-21-47(39)59)55(61-50-24-12-6-18-42(50)43-19-7-13-25-51(43)61)54(45)60-48-22-10-4-16-40(48)41-17-5-11-23-49(41)60/h2-32,34H. The van der Waals surface area contributed by atoms with Gasteiger partial charge in [-0.05, 0) is 66.2 Å². The van der Waals surface area contributed by atoms with Crippen LogP contribution in [0.25, 0.3) is 110 Å². The molecule has 0 atom stereocenters. The summed E-state index contributed by atoms with van der Waals surface area (Å²) in [5, 5.41) is 16.9. The molecule has 0 spiro atoms. The molecule has 12 rings (SSSR count). The van der Waals surface area contributed by atoms with Crippen molar-refractivity contribution in [3.8, 4) is 45.4 Å². The van der Waals surface area contributed by atoms with Gasteiger partial charge in [0.15, 0.2) is 0 Å². The summed E-state index contributed by atoms with van der Waals surface area (Å²) >= 11 is 0. The third kappa shape index (κ3) is 5.04. The maximum Gasteiger partial charge on any atom is 0.269 e. The predicted molar refractivity (Wildman–Crippen MR) is 249 cm³/mol. The summed E-state index contributed by atoms with van der Waals surface area (Å²) in [4.78, 5) is 8.35. The van der Waals surface area contributed by atoms with Crippen LogP contribution >= 0.6 is 0 Å². The highest BCUT2D eigenvalue weighted by Gasteiger charge is 2.30. The number of nitrogens with zero attached hydrogens (tertiary/aromatic N) is 6. The lowest BCUT2D eigenvalue weighted by Gasteiger charge is -2.27. The second kappa shape index (κ2) is 13.4. The molecule has 6 heteroatoms. The van der Waals surface area contributed by atoms with Crippen molar-refractivity contribution in [3.05, 3.63) is 211 Å². The molecule has 0 aliphatic rings. The van der Waals surface area contributed by atoms with Gasteiger partial charge in [-0.15, -0.1) is 4.98 Å². The highest BCUT2D eigenvalue weighted by Crippen LogP contribution is 2.49. The molecule has 0 N–H and O–H groups in total.